The second-order valence-electron chi connectivity index (χ2n) is 4.24. The average Bonchev–Trinajstić information content (AvgIpc) is 2.62. The van der Waals surface area contributed by atoms with Crippen molar-refractivity contribution in [2.75, 3.05) is 5.32 Å². The van der Waals surface area contributed by atoms with Gasteiger partial charge >= 0.3 is 0 Å². The second-order valence-corrected chi connectivity index (χ2v) is 4.24. The number of rotatable bonds is 3. The summed E-state index contributed by atoms with van der Waals surface area (Å²) >= 11 is 0. The lowest BCUT2D eigenvalue weighted by atomic mass is 10.1. The van der Waals surface area contributed by atoms with Gasteiger partial charge in [-0.2, -0.15) is 0 Å². The first-order chi connectivity index (χ1) is 8.49. The Labute approximate surface area is 104 Å². The van der Waals surface area contributed by atoms with E-state index < -0.39 is 11.6 Å². The van der Waals surface area contributed by atoms with Crippen LogP contribution in [-0.4, -0.2) is 5.16 Å². The van der Waals surface area contributed by atoms with Crippen molar-refractivity contribution in [3.05, 3.63) is 46.3 Å². The lowest BCUT2D eigenvalue weighted by Gasteiger charge is -2.08. The van der Waals surface area contributed by atoms with E-state index in [0.717, 1.165) is 17.3 Å². The molecule has 0 amide bonds. The van der Waals surface area contributed by atoms with Gasteiger partial charge in [0.25, 0.3) is 0 Å². The van der Waals surface area contributed by atoms with Gasteiger partial charge in [0, 0.05) is 18.2 Å². The first-order valence-electron chi connectivity index (χ1n) is 5.60. The van der Waals surface area contributed by atoms with E-state index in [1.54, 1.807) is 13.8 Å². The minimum atomic E-state index is -0.472. The van der Waals surface area contributed by atoms with Crippen LogP contribution in [0.25, 0.3) is 0 Å². The van der Waals surface area contributed by atoms with Crippen LogP contribution in [0.15, 0.2) is 16.7 Å². The van der Waals surface area contributed by atoms with Crippen LogP contribution >= 0.6 is 0 Å². The van der Waals surface area contributed by atoms with E-state index in [4.69, 9.17) is 4.52 Å². The predicted molar refractivity (Wildman–Crippen MR) is 64.4 cm³/mol. The summed E-state index contributed by atoms with van der Waals surface area (Å²) in [6.45, 7) is 5.46. The number of hydrogen-bond donors (Lipinski definition) is 1. The zero-order chi connectivity index (χ0) is 13.3. The highest BCUT2D eigenvalue weighted by Crippen LogP contribution is 2.21. The molecule has 0 radical (unpaired) electrons. The molecule has 0 spiro atoms. The van der Waals surface area contributed by atoms with Gasteiger partial charge in [0.2, 0.25) is 0 Å². The second kappa shape index (κ2) is 4.76. The zero-order valence-corrected chi connectivity index (χ0v) is 10.5. The van der Waals surface area contributed by atoms with Crippen molar-refractivity contribution in [1.82, 2.24) is 5.16 Å². The summed E-state index contributed by atoms with van der Waals surface area (Å²) in [5.74, 6) is -0.230. The third-order valence-electron chi connectivity index (χ3n) is 2.89. The molecule has 18 heavy (non-hydrogen) atoms. The molecule has 0 saturated carbocycles. The van der Waals surface area contributed by atoms with Gasteiger partial charge in [-0.05, 0) is 32.4 Å². The van der Waals surface area contributed by atoms with Crippen molar-refractivity contribution in [1.29, 1.82) is 0 Å². The number of aromatic nitrogens is 1. The van der Waals surface area contributed by atoms with E-state index in [0.29, 0.717) is 12.3 Å². The minimum absolute atomic E-state index is 0.137. The Morgan fingerprint density at radius 3 is 2.50 bits per heavy atom. The van der Waals surface area contributed by atoms with Crippen LogP contribution in [0.3, 0.4) is 0 Å². The van der Waals surface area contributed by atoms with Crippen LogP contribution in [0.5, 0.6) is 0 Å². The molecule has 1 heterocycles. The molecular formula is C13H14F2N2O. The molecule has 0 atom stereocenters. The maximum atomic E-state index is 13.6. The fraction of sp³-hybridized carbons (Fsp3) is 0.308. The Hall–Kier alpha value is -1.91. The molecule has 0 unspecified atom stereocenters. The van der Waals surface area contributed by atoms with Crippen LogP contribution in [0.2, 0.25) is 0 Å². The van der Waals surface area contributed by atoms with Crippen LogP contribution in [0, 0.1) is 32.4 Å². The number of anilines is 1. The van der Waals surface area contributed by atoms with Crippen molar-refractivity contribution in [3.8, 4) is 0 Å². The van der Waals surface area contributed by atoms with Gasteiger partial charge in [-0.3, -0.25) is 0 Å². The molecule has 0 aliphatic carbocycles. The van der Waals surface area contributed by atoms with Gasteiger partial charge in [0.05, 0.1) is 11.4 Å². The van der Waals surface area contributed by atoms with Crippen LogP contribution in [-0.2, 0) is 6.54 Å². The minimum Gasteiger partial charge on any atom is -0.378 e. The molecule has 1 aromatic carbocycles. The van der Waals surface area contributed by atoms with E-state index in [-0.39, 0.29) is 11.3 Å². The summed E-state index contributed by atoms with van der Waals surface area (Å²) in [6, 6.07) is 2.33. The number of nitrogens with zero attached hydrogens (tertiary/aromatic N) is 1. The third kappa shape index (κ3) is 2.34. The van der Waals surface area contributed by atoms with Crippen LogP contribution in [0.1, 0.15) is 22.6 Å². The molecule has 0 aliphatic rings. The molecule has 0 fully saturated rings. The summed E-state index contributed by atoms with van der Waals surface area (Å²) in [6.07, 6.45) is 0. The number of hydrogen-bond acceptors (Lipinski definition) is 3. The largest absolute Gasteiger partial charge is 0.378 e. The Balaban J connectivity index is 2.18. The summed E-state index contributed by atoms with van der Waals surface area (Å²) < 4.78 is 31.9. The topological polar surface area (TPSA) is 38.1 Å². The molecule has 3 nitrogen and oxygen atoms in total. The van der Waals surface area contributed by atoms with Gasteiger partial charge < -0.3 is 9.84 Å². The van der Waals surface area contributed by atoms with Crippen LogP contribution in [0.4, 0.5) is 14.5 Å². The van der Waals surface area contributed by atoms with E-state index in [9.17, 15) is 8.78 Å². The third-order valence-corrected chi connectivity index (χ3v) is 2.89. The normalized spacial score (nSPS) is 10.7. The Morgan fingerprint density at radius 2 is 1.89 bits per heavy atom. The van der Waals surface area contributed by atoms with E-state index in [1.807, 2.05) is 0 Å². The monoisotopic (exact) mass is 252 g/mol. The molecular weight excluding hydrogens is 238 g/mol. The number of benzene rings is 1. The van der Waals surface area contributed by atoms with Crippen molar-refractivity contribution in [2.24, 2.45) is 0 Å². The van der Waals surface area contributed by atoms with Crippen molar-refractivity contribution in [3.63, 3.8) is 0 Å². The smallest absolute Gasteiger partial charge is 0.146 e. The molecule has 96 valence electrons. The number of halogens is 2. The lowest BCUT2D eigenvalue weighted by molar-refractivity contribution is 0.392. The molecule has 1 aromatic heterocycles. The highest BCUT2D eigenvalue weighted by atomic mass is 19.1. The molecule has 0 saturated heterocycles. The molecule has 0 aliphatic heterocycles. The maximum Gasteiger partial charge on any atom is 0.146 e. The summed E-state index contributed by atoms with van der Waals surface area (Å²) in [5, 5.41) is 6.65. The standard InChI is InChI=1S/C13H14F2N2O/c1-7-4-12(15)13(5-11(7)14)16-6-10-8(2)17-18-9(10)3/h4-5,16H,6H2,1-3H3. The quantitative estimate of drug-likeness (QED) is 0.908. The van der Waals surface area contributed by atoms with Gasteiger partial charge in [-0.15, -0.1) is 0 Å². The van der Waals surface area contributed by atoms with Gasteiger partial charge in [0.1, 0.15) is 17.4 Å². The Bertz CT molecular complexity index is 559. The van der Waals surface area contributed by atoms with Gasteiger partial charge in [0.15, 0.2) is 0 Å². The van der Waals surface area contributed by atoms with Crippen molar-refractivity contribution < 1.29 is 13.3 Å². The Kier molecular flexibility index (Phi) is 3.32. The molecule has 1 N–H and O–H groups in total. The first kappa shape index (κ1) is 12.5. The van der Waals surface area contributed by atoms with Crippen molar-refractivity contribution >= 4 is 5.69 Å². The number of nitrogens with one attached hydrogen (secondary N) is 1. The van der Waals surface area contributed by atoms with Gasteiger partial charge in [-0.1, -0.05) is 5.16 Å². The van der Waals surface area contributed by atoms with Gasteiger partial charge in [-0.25, -0.2) is 8.78 Å². The maximum absolute atomic E-state index is 13.6. The van der Waals surface area contributed by atoms with E-state index in [1.165, 1.54) is 13.0 Å². The average molecular weight is 252 g/mol. The fourth-order valence-corrected chi connectivity index (χ4v) is 1.72. The fourth-order valence-electron chi connectivity index (χ4n) is 1.72. The molecule has 0 bridgehead atoms. The summed E-state index contributed by atoms with van der Waals surface area (Å²) in [5.41, 5.74) is 2.02. The van der Waals surface area contributed by atoms with E-state index >= 15 is 0 Å². The SMILES string of the molecule is Cc1cc(F)c(NCc2c(C)noc2C)cc1F. The molecule has 2 aromatic rings. The predicted octanol–water partition coefficient (Wildman–Crippen LogP) is 3.49. The lowest BCUT2D eigenvalue weighted by Crippen LogP contribution is -2.04. The van der Waals surface area contributed by atoms with Crippen molar-refractivity contribution in [2.45, 2.75) is 27.3 Å². The zero-order valence-electron chi connectivity index (χ0n) is 10.5. The molecule has 5 heteroatoms. The summed E-state index contributed by atoms with van der Waals surface area (Å²) in [4.78, 5) is 0. The Morgan fingerprint density at radius 1 is 1.17 bits per heavy atom. The first-order valence-corrected chi connectivity index (χ1v) is 5.60. The highest BCUT2D eigenvalue weighted by Gasteiger charge is 2.11. The number of aryl methyl sites for hydroxylation is 3. The summed E-state index contributed by atoms with van der Waals surface area (Å²) in [7, 11) is 0. The molecule has 2 rings (SSSR count). The van der Waals surface area contributed by atoms with E-state index in [2.05, 4.69) is 10.5 Å². The highest BCUT2D eigenvalue weighted by molar-refractivity contribution is 5.47. The van der Waals surface area contributed by atoms with Crippen LogP contribution < -0.4 is 5.32 Å².